The van der Waals surface area contributed by atoms with Gasteiger partial charge in [0.1, 0.15) is 12.6 Å². The van der Waals surface area contributed by atoms with Gasteiger partial charge in [0.05, 0.1) is 11.3 Å². The van der Waals surface area contributed by atoms with E-state index in [2.05, 4.69) is 5.32 Å². The number of benzene rings is 1. The molecule has 2 heterocycles. The Bertz CT molecular complexity index is 757. The standard InChI is InChI=1S/C22H29N3O3/c26-20(23-14-16-8-2-1-3-9-16)15-25-18-11-5-4-10-17(18)21(27)24-13-7-6-12-19(24)22(25)28/h4-5,10-11,16,19H,1-3,6-9,12-15H2,(H,23,26)/t19-/m0/s1. The Balaban J connectivity index is 1.52. The molecule has 0 radical (unpaired) electrons. The number of anilines is 1. The molecule has 1 saturated carbocycles. The molecule has 2 fully saturated rings. The number of rotatable bonds is 4. The SMILES string of the molecule is O=C(CN1C(=O)[C@@H]2CCCCN2C(=O)c2ccccc21)NCC1CCCCC1. The summed E-state index contributed by atoms with van der Waals surface area (Å²) in [5.41, 5.74) is 1.07. The fourth-order valence-corrected chi connectivity index (χ4v) is 4.79. The molecular formula is C22H29N3O3. The van der Waals surface area contributed by atoms with Crippen LogP contribution in [0.3, 0.4) is 0 Å². The van der Waals surface area contributed by atoms with Gasteiger partial charge in [0, 0.05) is 13.1 Å². The molecule has 0 unspecified atom stereocenters. The number of nitrogens with one attached hydrogen (secondary N) is 1. The molecule has 150 valence electrons. The molecule has 6 heteroatoms. The normalized spacial score (nSPS) is 23.1. The van der Waals surface area contributed by atoms with Crippen LogP contribution in [0.5, 0.6) is 0 Å². The fourth-order valence-electron chi connectivity index (χ4n) is 4.79. The highest BCUT2D eigenvalue weighted by Crippen LogP contribution is 2.31. The maximum Gasteiger partial charge on any atom is 0.256 e. The van der Waals surface area contributed by atoms with Crippen LogP contribution in [-0.4, -0.2) is 48.3 Å². The van der Waals surface area contributed by atoms with E-state index in [9.17, 15) is 14.4 Å². The van der Waals surface area contributed by atoms with Crippen molar-refractivity contribution in [1.82, 2.24) is 10.2 Å². The largest absolute Gasteiger partial charge is 0.354 e. The first kappa shape index (κ1) is 19.0. The zero-order valence-electron chi connectivity index (χ0n) is 16.4. The zero-order valence-corrected chi connectivity index (χ0v) is 16.4. The number of carbonyl (C=O) groups is 3. The Kier molecular flexibility index (Phi) is 5.64. The van der Waals surface area contributed by atoms with Crippen LogP contribution in [-0.2, 0) is 9.59 Å². The number of amides is 3. The molecular weight excluding hydrogens is 354 g/mol. The molecule has 1 aromatic carbocycles. The third-order valence-electron chi connectivity index (χ3n) is 6.35. The van der Waals surface area contributed by atoms with Gasteiger partial charge < -0.3 is 15.1 Å². The highest BCUT2D eigenvalue weighted by atomic mass is 16.2. The minimum atomic E-state index is -0.459. The van der Waals surface area contributed by atoms with Gasteiger partial charge in [-0.2, -0.15) is 0 Å². The van der Waals surface area contributed by atoms with Crippen LogP contribution in [0, 0.1) is 5.92 Å². The first-order chi connectivity index (χ1) is 13.6. The number of carbonyl (C=O) groups excluding carboxylic acids is 3. The summed E-state index contributed by atoms with van der Waals surface area (Å²) in [6.45, 7) is 1.25. The van der Waals surface area contributed by atoms with Crippen molar-refractivity contribution < 1.29 is 14.4 Å². The highest BCUT2D eigenvalue weighted by Gasteiger charge is 2.40. The lowest BCUT2D eigenvalue weighted by Gasteiger charge is -2.34. The van der Waals surface area contributed by atoms with E-state index in [0.717, 1.165) is 25.7 Å². The number of nitrogens with zero attached hydrogens (tertiary/aromatic N) is 2. The molecule has 0 aromatic heterocycles. The minimum absolute atomic E-state index is 0.0276. The third-order valence-corrected chi connectivity index (χ3v) is 6.35. The zero-order chi connectivity index (χ0) is 19.5. The second kappa shape index (κ2) is 8.33. The molecule has 1 saturated heterocycles. The summed E-state index contributed by atoms with van der Waals surface area (Å²) in [6.07, 6.45) is 8.59. The van der Waals surface area contributed by atoms with Gasteiger partial charge in [0.25, 0.3) is 5.91 Å². The number of para-hydroxylation sites is 1. The maximum absolute atomic E-state index is 13.3. The van der Waals surface area contributed by atoms with Crippen LogP contribution in [0.2, 0.25) is 0 Å². The van der Waals surface area contributed by atoms with E-state index < -0.39 is 6.04 Å². The van der Waals surface area contributed by atoms with Crippen molar-refractivity contribution in [3.05, 3.63) is 29.8 Å². The van der Waals surface area contributed by atoms with Crippen molar-refractivity contribution in [3.63, 3.8) is 0 Å². The van der Waals surface area contributed by atoms with Crippen molar-refractivity contribution in [2.45, 2.75) is 57.4 Å². The molecule has 1 atom stereocenters. The van der Waals surface area contributed by atoms with Gasteiger partial charge in [0.2, 0.25) is 11.8 Å². The number of hydrogen-bond donors (Lipinski definition) is 1. The highest BCUT2D eigenvalue weighted by molar-refractivity contribution is 6.12. The Labute approximate surface area is 166 Å². The van der Waals surface area contributed by atoms with Crippen LogP contribution in [0.25, 0.3) is 0 Å². The molecule has 6 nitrogen and oxygen atoms in total. The van der Waals surface area contributed by atoms with Crippen molar-refractivity contribution in [1.29, 1.82) is 0 Å². The average molecular weight is 383 g/mol. The van der Waals surface area contributed by atoms with Gasteiger partial charge in [-0.3, -0.25) is 14.4 Å². The summed E-state index contributed by atoms with van der Waals surface area (Å²) in [7, 11) is 0. The van der Waals surface area contributed by atoms with Crippen LogP contribution in [0.15, 0.2) is 24.3 Å². The third kappa shape index (κ3) is 3.77. The molecule has 1 N–H and O–H groups in total. The van der Waals surface area contributed by atoms with E-state index in [-0.39, 0.29) is 24.3 Å². The summed E-state index contributed by atoms with van der Waals surface area (Å²) in [5, 5.41) is 3.02. The minimum Gasteiger partial charge on any atom is -0.354 e. The lowest BCUT2D eigenvalue weighted by atomic mass is 9.89. The molecule has 28 heavy (non-hydrogen) atoms. The predicted molar refractivity (Wildman–Crippen MR) is 107 cm³/mol. The molecule has 3 amide bonds. The van der Waals surface area contributed by atoms with E-state index in [0.29, 0.717) is 36.7 Å². The van der Waals surface area contributed by atoms with Crippen molar-refractivity contribution in [3.8, 4) is 0 Å². The fraction of sp³-hybridized carbons (Fsp3) is 0.591. The first-order valence-electron chi connectivity index (χ1n) is 10.6. The summed E-state index contributed by atoms with van der Waals surface area (Å²) in [5.74, 6) is 0.162. The second-order valence-corrected chi connectivity index (χ2v) is 8.26. The number of piperidine rings is 1. The van der Waals surface area contributed by atoms with Crippen molar-refractivity contribution >= 4 is 23.4 Å². The van der Waals surface area contributed by atoms with Crippen LogP contribution in [0.1, 0.15) is 61.7 Å². The first-order valence-corrected chi connectivity index (χ1v) is 10.6. The summed E-state index contributed by atoms with van der Waals surface area (Å²) >= 11 is 0. The maximum atomic E-state index is 13.3. The lowest BCUT2D eigenvalue weighted by molar-refractivity contribution is -0.126. The van der Waals surface area contributed by atoms with Gasteiger partial charge in [-0.1, -0.05) is 31.4 Å². The Morgan fingerprint density at radius 3 is 2.57 bits per heavy atom. The quantitative estimate of drug-likeness (QED) is 0.869. The number of fused-ring (bicyclic) bond motifs is 2. The monoisotopic (exact) mass is 383 g/mol. The molecule has 0 bridgehead atoms. The molecule has 1 aliphatic carbocycles. The molecule has 0 spiro atoms. The average Bonchev–Trinajstić information content (AvgIpc) is 2.83. The molecule has 2 aliphatic heterocycles. The van der Waals surface area contributed by atoms with E-state index in [1.807, 2.05) is 12.1 Å². The molecule has 1 aromatic rings. The summed E-state index contributed by atoms with van der Waals surface area (Å²) < 4.78 is 0. The van der Waals surface area contributed by atoms with Gasteiger partial charge in [-0.25, -0.2) is 0 Å². The summed E-state index contributed by atoms with van der Waals surface area (Å²) in [4.78, 5) is 42.2. The second-order valence-electron chi connectivity index (χ2n) is 8.26. The van der Waals surface area contributed by atoms with Crippen LogP contribution in [0.4, 0.5) is 5.69 Å². The predicted octanol–water partition coefficient (Wildman–Crippen LogP) is 2.72. The van der Waals surface area contributed by atoms with Crippen molar-refractivity contribution in [2.75, 3.05) is 24.5 Å². The summed E-state index contributed by atoms with van der Waals surface area (Å²) in [6, 6.07) is 6.70. The Morgan fingerprint density at radius 2 is 1.75 bits per heavy atom. The topological polar surface area (TPSA) is 69.7 Å². The smallest absolute Gasteiger partial charge is 0.256 e. The van der Waals surface area contributed by atoms with Gasteiger partial charge in [0.15, 0.2) is 0 Å². The van der Waals surface area contributed by atoms with Gasteiger partial charge in [-0.15, -0.1) is 0 Å². The van der Waals surface area contributed by atoms with Gasteiger partial charge >= 0.3 is 0 Å². The van der Waals surface area contributed by atoms with E-state index in [4.69, 9.17) is 0 Å². The Morgan fingerprint density at radius 1 is 1.00 bits per heavy atom. The number of hydrogen-bond acceptors (Lipinski definition) is 3. The van der Waals surface area contributed by atoms with E-state index in [1.165, 1.54) is 24.2 Å². The van der Waals surface area contributed by atoms with Crippen molar-refractivity contribution in [2.24, 2.45) is 5.92 Å². The lowest BCUT2D eigenvalue weighted by Crippen LogP contribution is -2.52. The Hall–Kier alpha value is -2.37. The van der Waals surface area contributed by atoms with Crippen LogP contribution >= 0.6 is 0 Å². The molecule has 3 aliphatic rings. The van der Waals surface area contributed by atoms with E-state index in [1.54, 1.807) is 17.0 Å². The van der Waals surface area contributed by atoms with E-state index >= 15 is 0 Å². The van der Waals surface area contributed by atoms with Crippen LogP contribution < -0.4 is 10.2 Å². The van der Waals surface area contributed by atoms with Gasteiger partial charge in [-0.05, 0) is 50.2 Å². The molecule has 4 rings (SSSR count).